The molecule has 1 heterocycles. The number of hydrogen-bond donors (Lipinski definition) is 1. The predicted octanol–water partition coefficient (Wildman–Crippen LogP) is 1.41. The molecule has 0 aliphatic rings. The number of carbonyl (C=O) groups excluding carboxylic acids is 1. The molecule has 0 atom stereocenters. The van der Waals surface area contributed by atoms with E-state index in [4.69, 9.17) is 5.73 Å². The van der Waals surface area contributed by atoms with Crippen molar-refractivity contribution in [1.82, 2.24) is 4.98 Å². The summed E-state index contributed by atoms with van der Waals surface area (Å²) in [5.41, 5.74) is 4.32. The maximum absolute atomic E-state index is 11.9. The molecule has 3 nitrogen and oxygen atoms in total. The molecule has 13 heavy (non-hydrogen) atoms. The summed E-state index contributed by atoms with van der Waals surface area (Å²) in [6, 6.07) is 1.14. The predicted molar refractivity (Wildman–Crippen MR) is 39.0 cm³/mol. The number of nitrogen functional groups attached to an aromatic ring is 1. The molecule has 0 aliphatic heterocycles. The fraction of sp³-hybridized carbons (Fsp3) is 0.143. The first kappa shape index (κ1) is 9.50. The average Bonchev–Trinajstić information content (AvgIpc) is 2.02. The van der Waals surface area contributed by atoms with Crippen LogP contribution in [-0.2, 0) is 0 Å². The molecule has 6 heteroatoms. The third kappa shape index (κ3) is 1.95. The second-order valence-corrected chi connectivity index (χ2v) is 2.29. The van der Waals surface area contributed by atoms with Crippen LogP contribution in [0, 0.1) is 0 Å². The Bertz CT molecular complexity index is 335. The Balaban J connectivity index is 3.10. The fourth-order valence-corrected chi connectivity index (χ4v) is 0.748. The topological polar surface area (TPSA) is 56.0 Å². The van der Waals surface area contributed by atoms with Crippen LogP contribution in [0.15, 0.2) is 18.5 Å². The number of Topliss-reactive ketones (excluding diaryl/α,β-unsaturated/α-hetero) is 1. The zero-order chi connectivity index (χ0) is 10.1. The third-order valence-electron chi connectivity index (χ3n) is 1.36. The summed E-state index contributed by atoms with van der Waals surface area (Å²) in [5.74, 6) is -1.97. The first-order valence-corrected chi connectivity index (χ1v) is 3.24. The minimum Gasteiger partial charge on any atom is -0.398 e. The van der Waals surface area contributed by atoms with Crippen molar-refractivity contribution in [3.05, 3.63) is 24.0 Å². The van der Waals surface area contributed by atoms with Crippen LogP contribution in [0.1, 0.15) is 10.4 Å². The van der Waals surface area contributed by atoms with Crippen LogP contribution in [0.25, 0.3) is 0 Å². The van der Waals surface area contributed by atoms with Gasteiger partial charge in [0.25, 0.3) is 5.78 Å². The normalized spacial score (nSPS) is 11.3. The van der Waals surface area contributed by atoms with Gasteiger partial charge in [-0.2, -0.15) is 13.2 Å². The van der Waals surface area contributed by atoms with Crippen molar-refractivity contribution < 1.29 is 18.0 Å². The first-order valence-electron chi connectivity index (χ1n) is 3.24. The molecule has 2 N–H and O–H groups in total. The summed E-state index contributed by atoms with van der Waals surface area (Å²) >= 11 is 0. The number of nitrogens with zero attached hydrogens (tertiary/aromatic N) is 1. The number of halogens is 3. The highest BCUT2D eigenvalue weighted by atomic mass is 19.4. The molecule has 0 spiro atoms. The molecule has 70 valence electrons. The molecular weight excluding hydrogens is 185 g/mol. The standard InChI is InChI=1S/C7H5F3N2O/c8-7(9,10)6(13)4-3-12-2-1-5(4)11/h1-3H,(H2,11,12). The Kier molecular flexibility index (Phi) is 2.22. The van der Waals surface area contributed by atoms with Crippen LogP contribution in [0.3, 0.4) is 0 Å². The van der Waals surface area contributed by atoms with Gasteiger partial charge >= 0.3 is 6.18 Å². The van der Waals surface area contributed by atoms with Crippen LogP contribution < -0.4 is 5.73 Å². The molecule has 0 aliphatic carbocycles. The van der Waals surface area contributed by atoms with E-state index in [1.165, 1.54) is 6.20 Å². The Labute approximate surface area is 71.4 Å². The minimum atomic E-state index is -4.91. The van der Waals surface area contributed by atoms with Gasteiger partial charge in [-0.3, -0.25) is 9.78 Å². The molecule has 0 aromatic carbocycles. The van der Waals surface area contributed by atoms with E-state index in [2.05, 4.69) is 4.98 Å². The zero-order valence-corrected chi connectivity index (χ0v) is 6.30. The van der Waals surface area contributed by atoms with E-state index >= 15 is 0 Å². The number of ketones is 1. The molecule has 0 saturated heterocycles. The third-order valence-corrected chi connectivity index (χ3v) is 1.36. The fourth-order valence-electron chi connectivity index (χ4n) is 0.748. The SMILES string of the molecule is Nc1ccncc1C(=O)C(F)(F)F. The Hall–Kier alpha value is -1.59. The van der Waals surface area contributed by atoms with E-state index in [0.717, 1.165) is 12.3 Å². The van der Waals surface area contributed by atoms with Gasteiger partial charge in [0.15, 0.2) is 0 Å². The number of rotatable bonds is 1. The Morgan fingerprint density at radius 1 is 1.46 bits per heavy atom. The summed E-state index contributed by atoms with van der Waals surface area (Å²) in [5, 5.41) is 0. The number of anilines is 1. The monoisotopic (exact) mass is 190 g/mol. The highest BCUT2D eigenvalue weighted by Crippen LogP contribution is 2.23. The van der Waals surface area contributed by atoms with Gasteiger partial charge < -0.3 is 5.73 Å². The lowest BCUT2D eigenvalue weighted by atomic mass is 10.1. The molecule has 0 saturated carbocycles. The van der Waals surface area contributed by atoms with Crippen molar-refractivity contribution in [2.24, 2.45) is 0 Å². The number of carbonyl (C=O) groups is 1. The molecule has 0 radical (unpaired) electrons. The van der Waals surface area contributed by atoms with Gasteiger partial charge in [-0.1, -0.05) is 0 Å². The van der Waals surface area contributed by atoms with Gasteiger partial charge in [0.05, 0.1) is 5.56 Å². The van der Waals surface area contributed by atoms with E-state index in [1.54, 1.807) is 0 Å². The van der Waals surface area contributed by atoms with Crippen molar-refractivity contribution >= 4 is 11.5 Å². The number of aromatic nitrogens is 1. The van der Waals surface area contributed by atoms with Crippen molar-refractivity contribution in [1.29, 1.82) is 0 Å². The van der Waals surface area contributed by atoms with E-state index in [1.807, 2.05) is 0 Å². The number of nitrogens with two attached hydrogens (primary N) is 1. The Morgan fingerprint density at radius 3 is 2.54 bits per heavy atom. The van der Waals surface area contributed by atoms with E-state index in [0.29, 0.717) is 0 Å². The Morgan fingerprint density at radius 2 is 2.08 bits per heavy atom. The molecule has 1 rings (SSSR count). The van der Waals surface area contributed by atoms with Gasteiger partial charge in [-0.05, 0) is 6.07 Å². The number of alkyl halides is 3. The second-order valence-electron chi connectivity index (χ2n) is 2.29. The quantitative estimate of drug-likeness (QED) is 0.681. The highest BCUT2D eigenvalue weighted by Gasteiger charge is 2.40. The summed E-state index contributed by atoms with van der Waals surface area (Å²) in [4.78, 5) is 14.0. The lowest BCUT2D eigenvalue weighted by molar-refractivity contribution is -0.0884. The summed E-state index contributed by atoms with van der Waals surface area (Å²) < 4.78 is 35.6. The van der Waals surface area contributed by atoms with Gasteiger partial charge in [0.2, 0.25) is 0 Å². The molecule has 0 fully saturated rings. The van der Waals surface area contributed by atoms with Gasteiger partial charge in [-0.15, -0.1) is 0 Å². The molecule has 1 aromatic rings. The second kappa shape index (κ2) is 3.04. The first-order chi connectivity index (χ1) is 5.93. The van der Waals surface area contributed by atoms with Crippen molar-refractivity contribution in [2.45, 2.75) is 6.18 Å². The molecule has 0 bridgehead atoms. The summed E-state index contributed by atoms with van der Waals surface area (Å²) in [6.07, 6.45) is -2.90. The van der Waals surface area contributed by atoms with Crippen molar-refractivity contribution in [3.63, 3.8) is 0 Å². The lowest BCUT2D eigenvalue weighted by Gasteiger charge is -2.06. The van der Waals surface area contributed by atoms with E-state index in [9.17, 15) is 18.0 Å². The van der Waals surface area contributed by atoms with Gasteiger partial charge in [0, 0.05) is 18.1 Å². The van der Waals surface area contributed by atoms with Crippen molar-refractivity contribution in [3.8, 4) is 0 Å². The maximum Gasteiger partial charge on any atom is 0.455 e. The van der Waals surface area contributed by atoms with Crippen molar-refractivity contribution in [2.75, 3.05) is 5.73 Å². The smallest absolute Gasteiger partial charge is 0.398 e. The summed E-state index contributed by atoms with van der Waals surface area (Å²) in [6.45, 7) is 0. The molecule has 0 amide bonds. The van der Waals surface area contributed by atoms with Gasteiger partial charge in [-0.25, -0.2) is 0 Å². The maximum atomic E-state index is 11.9. The summed E-state index contributed by atoms with van der Waals surface area (Å²) in [7, 11) is 0. The van der Waals surface area contributed by atoms with Crippen LogP contribution in [0.4, 0.5) is 18.9 Å². The van der Waals surface area contributed by atoms with Crippen LogP contribution in [0.2, 0.25) is 0 Å². The highest BCUT2D eigenvalue weighted by molar-refractivity contribution is 6.03. The zero-order valence-electron chi connectivity index (χ0n) is 6.30. The van der Waals surface area contributed by atoms with E-state index in [-0.39, 0.29) is 5.69 Å². The minimum absolute atomic E-state index is 0.225. The lowest BCUT2D eigenvalue weighted by Crippen LogP contribution is -2.23. The molecule has 0 unspecified atom stereocenters. The van der Waals surface area contributed by atoms with Crippen LogP contribution in [-0.4, -0.2) is 16.9 Å². The number of pyridine rings is 1. The van der Waals surface area contributed by atoms with Crippen LogP contribution in [0.5, 0.6) is 0 Å². The van der Waals surface area contributed by atoms with E-state index < -0.39 is 17.5 Å². The number of hydrogen-bond acceptors (Lipinski definition) is 3. The molecule has 1 aromatic heterocycles. The molecular formula is C7H5F3N2O. The largest absolute Gasteiger partial charge is 0.455 e. The van der Waals surface area contributed by atoms with Crippen LogP contribution >= 0.6 is 0 Å². The van der Waals surface area contributed by atoms with Gasteiger partial charge in [0.1, 0.15) is 0 Å². The average molecular weight is 190 g/mol.